The predicted molar refractivity (Wildman–Crippen MR) is 65.9 cm³/mol. The molecule has 4 nitrogen and oxygen atoms in total. The number of carbonyl (C=O) groups is 1. The molecule has 0 bridgehead atoms. The van der Waals surface area contributed by atoms with Gasteiger partial charge in [0.05, 0.1) is 0 Å². The second kappa shape index (κ2) is 3.45. The topological polar surface area (TPSA) is 62.0 Å². The first-order valence-electron chi connectivity index (χ1n) is 5.76. The van der Waals surface area contributed by atoms with Crippen LogP contribution in [0, 0.1) is 10.8 Å². The molecule has 4 heteroatoms. The van der Waals surface area contributed by atoms with Crippen LogP contribution in [0.4, 0.5) is 0 Å². The van der Waals surface area contributed by atoms with Gasteiger partial charge in [0.15, 0.2) is 0 Å². The van der Waals surface area contributed by atoms with E-state index in [1.165, 1.54) is 12.3 Å². The van der Waals surface area contributed by atoms with Crippen molar-refractivity contribution in [3.05, 3.63) is 34.2 Å². The Morgan fingerprint density at radius 1 is 1.29 bits per heavy atom. The molecule has 0 spiro atoms. The van der Waals surface area contributed by atoms with E-state index in [-0.39, 0.29) is 28.3 Å². The van der Waals surface area contributed by atoms with Gasteiger partial charge < -0.3 is 10.3 Å². The average molecular weight is 234 g/mol. The molecule has 1 aromatic rings. The van der Waals surface area contributed by atoms with Crippen LogP contribution in [0.2, 0.25) is 0 Å². The van der Waals surface area contributed by atoms with E-state index >= 15 is 0 Å². The number of pyridine rings is 1. The number of aromatic nitrogens is 1. The molecule has 2 N–H and O–H groups in total. The van der Waals surface area contributed by atoms with Crippen molar-refractivity contribution in [3.8, 4) is 0 Å². The second-order valence-corrected chi connectivity index (χ2v) is 5.79. The van der Waals surface area contributed by atoms with E-state index < -0.39 is 0 Å². The number of aromatic amines is 1. The summed E-state index contributed by atoms with van der Waals surface area (Å²) in [7, 11) is 0. The average Bonchev–Trinajstić information content (AvgIpc) is 2.61. The Balaban J connectivity index is 2.12. The van der Waals surface area contributed by atoms with Crippen molar-refractivity contribution >= 4 is 5.91 Å². The van der Waals surface area contributed by atoms with Gasteiger partial charge in [0.25, 0.3) is 5.91 Å². The van der Waals surface area contributed by atoms with Crippen LogP contribution < -0.4 is 10.9 Å². The van der Waals surface area contributed by atoms with E-state index in [1.54, 1.807) is 6.07 Å². The van der Waals surface area contributed by atoms with Crippen LogP contribution in [0.15, 0.2) is 23.1 Å². The largest absolute Gasteiger partial charge is 0.348 e. The maximum atomic E-state index is 12.0. The third kappa shape index (κ3) is 1.77. The standard InChI is InChI=1S/C13H18N2O2/c1-12(2)11(13(12,3)4)15-10(17)8-5-6-14-9(16)7-8/h5-7,11H,1-4H3,(H,14,16)(H,15,17). The quantitative estimate of drug-likeness (QED) is 0.815. The molecule has 0 unspecified atom stereocenters. The van der Waals surface area contributed by atoms with Gasteiger partial charge in [-0.3, -0.25) is 9.59 Å². The van der Waals surface area contributed by atoms with Crippen molar-refractivity contribution in [2.24, 2.45) is 10.8 Å². The van der Waals surface area contributed by atoms with Gasteiger partial charge in [-0.25, -0.2) is 0 Å². The van der Waals surface area contributed by atoms with E-state index in [0.717, 1.165) is 0 Å². The van der Waals surface area contributed by atoms with Crippen molar-refractivity contribution in [1.82, 2.24) is 10.3 Å². The lowest BCUT2D eigenvalue weighted by atomic mass is 10.0. The Bertz CT molecular complexity index is 500. The van der Waals surface area contributed by atoms with E-state index in [0.29, 0.717) is 5.56 Å². The van der Waals surface area contributed by atoms with Gasteiger partial charge in [0.2, 0.25) is 5.56 Å². The molecule has 2 rings (SSSR count). The molecule has 1 aliphatic rings. The highest BCUT2D eigenvalue weighted by atomic mass is 16.2. The monoisotopic (exact) mass is 234 g/mol. The normalized spacial score (nSPS) is 20.9. The summed E-state index contributed by atoms with van der Waals surface area (Å²) in [5, 5.41) is 2.99. The summed E-state index contributed by atoms with van der Waals surface area (Å²) in [5.41, 5.74) is 0.354. The lowest BCUT2D eigenvalue weighted by Gasteiger charge is -2.06. The molecule has 1 saturated carbocycles. The van der Waals surface area contributed by atoms with Gasteiger partial charge in [-0.05, 0) is 16.9 Å². The van der Waals surface area contributed by atoms with Crippen molar-refractivity contribution in [2.45, 2.75) is 33.7 Å². The number of rotatable bonds is 2. The molecule has 0 aromatic carbocycles. The summed E-state index contributed by atoms with van der Waals surface area (Å²) in [6.45, 7) is 8.54. The minimum Gasteiger partial charge on any atom is -0.348 e. The molecular formula is C13H18N2O2. The molecule has 1 heterocycles. The third-order valence-electron chi connectivity index (χ3n) is 4.33. The summed E-state index contributed by atoms with van der Waals surface area (Å²) in [6, 6.07) is 3.08. The molecule has 17 heavy (non-hydrogen) atoms. The summed E-state index contributed by atoms with van der Waals surface area (Å²) in [6.07, 6.45) is 1.49. The second-order valence-electron chi connectivity index (χ2n) is 5.79. The van der Waals surface area contributed by atoms with Gasteiger partial charge in [0, 0.05) is 23.9 Å². The molecule has 1 fully saturated rings. The molecule has 0 radical (unpaired) electrons. The highest BCUT2D eigenvalue weighted by Crippen LogP contribution is 2.62. The molecule has 0 aliphatic heterocycles. The fourth-order valence-electron chi connectivity index (χ4n) is 2.36. The van der Waals surface area contributed by atoms with E-state index in [9.17, 15) is 9.59 Å². The molecule has 1 aromatic heterocycles. The van der Waals surface area contributed by atoms with Gasteiger partial charge in [0.1, 0.15) is 0 Å². The summed E-state index contributed by atoms with van der Waals surface area (Å²) < 4.78 is 0. The van der Waals surface area contributed by atoms with Gasteiger partial charge in [-0.2, -0.15) is 0 Å². The summed E-state index contributed by atoms with van der Waals surface area (Å²) in [4.78, 5) is 25.6. The van der Waals surface area contributed by atoms with Crippen molar-refractivity contribution in [1.29, 1.82) is 0 Å². The van der Waals surface area contributed by atoms with Crippen molar-refractivity contribution in [3.63, 3.8) is 0 Å². The first kappa shape index (κ1) is 11.9. The number of H-pyrrole nitrogens is 1. The number of hydrogen-bond donors (Lipinski definition) is 2. The van der Waals surface area contributed by atoms with Crippen LogP contribution in [0.5, 0.6) is 0 Å². The van der Waals surface area contributed by atoms with E-state index in [1.807, 2.05) is 0 Å². The highest BCUT2D eigenvalue weighted by molar-refractivity contribution is 5.94. The molecule has 0 saturated heterocycles. The van der Waals surface area contributed by atoms with Gasteiger partial charge in [-0.1, -0.05) is 27.7 Å². The molecule has 1 aliphatic carbocycles. The first-order valence-corrected chi connectivity index (χ1v) is 5.76. The van der Waals surface area contributed by atoms with E-state index in [2.05, 4.69) is 38.0 Å². The fraction of sp³-hybridized carbons (Fsp3) is 0.538. The zero-order valence-corrected chi connectivity index (χ0v) is 10.6. The minimum absolute atomic E-state index is 0.101. The number of nitrogens with one attached hydrogen (secondary N) is 2. The Morgan fingerprint density at radius 2 is 1.88 bits per heavy atom. The van der Waals surface area contributed by atoms with Crippen LogP contribution in [-0.4, -0.2) is 16.9 Å². The van der Waals surface area contributed by atoms with Crippen molar-refractivity contribution < 1.29 is 4.79 Å². The fourth-order valence-corrected chi connectivity index (χ4v) is 2.36. The maximum absolute atomic E-state index is 12.0. The Hall–Kier alpha value is -1.58. The zero-order valence-electron chi connectivity index (χ0n) is 10.6. The van der Waals surface area contributed by atoms with Crippen LogP contribution in [0.3, 0.4) is 0 Å². The molecule has 0 atom stereocenters. The number of amides is 1. The molecule has 92 valence electrons. The van der Waals surface area contributed by atoms with Gasteiger partial charge >= 0.3 is 0 Å². The Kier molecular flexibility index (Phi) is 2.42. The Morgan fingerprint density at radius 3 is 2.35 bits per heavy atom. The lowest BCUT2D eigenvalue weighted by Crippen LogP contribution is -2.30. The van der Waals surface area contributed by atoms with Crippen molar-refractivity contribution in [2.75, 3.05) is 0 Å². The lowest BCUT2D eigenvalue weighted by molar-refractivity contribution is 0.0943. The van der Waals surface area contributed by atoms with Gasteiger partial charge in [-0.15, -0.1) is 0 Å². The van der Waals surface area contributed by atoms with Crippen LogP contribution in [-0.2, 0) is 0 Å². The number of hydrogen-bond acceptors (Lipinski definition) is 2. The SMILES string of the molecule is CC1(C)C(NC(=O)c2cc[nH]c(=O)c2)C1(C)C. The van der Waals surface area contributed by atoms with Crippen LogP contribution >= 0.6 is 0 Å². The third-order valence-corrected chi connectivity index (χ3v) is 4.33. The summed E-state index contributed by atoms with van der Waals surface area (Å²) >= 11 is 0. The summed E-state index contributed by atoms with van der Waals surface area (Å²) in [5.74, 6) is -0.181. The van der Waals surface area contributed by atoms with Crippen LogP contribution in [0.25, 0.3) is 0 Å². The maximum Gasteiger partial charge on any atom is 0.251 e. The molecule has 1 amide bonds. The smallest absolute Gasteiger partial charge is 0.251 e. The predicted octanol–water partition coefficient (Wildman–Crippen LogP) is 1.54. The first-order chi connectivity index (χ1) is 7.76. The molecular weight excluding hydrogens is 216 g/mol. The number of carbonyl (C=O) groups excluding carboxylic acids is 1. The zero-order chi connectivity index (χ0) is 12.8. The Labute approximate surface area is 100 Å². The van der Waals surface area contributed by atoms with E-state index in [4.69, 9.17) is 0 Å². The van der Waals surface area contributed by atoms with Crippen LogP contribution in [0.1, 0.15) is 38.1 Å². The highest BCUT2D eigenvalue weighted by Gasteiger charge is 2.65. The minimum atomic E-state index is -0.257.